The summed E-state index contributed by atoms with van der Waals surface area (Å²) < 4.78 is 11.2. The van der Waals surface area contributed by atoms with Crippen LogP contribution in [-0.2, 0) is 4.79 Å². The summed E-state index contributed by atoms with van der Waals surface area (Å²) in [7, 11) is 1.53. The van der Waals surface area contributed by atoms with Gasteiger partial charge in [0.2, 0.25) is 0 Å². The molecule has 8 heteroatoms. The van der Waals surface area contributed by atoms with Crippen molar-refractivity contribution in [2.75, 3.05) is 7.11 Å². The maximum atomic E-state index is 12.1. The number of halogens is 2. The average molecular weight is 428 g/mol. The van der Waals surface area contributed by atoms with Crippen LogP contribution in [0.1, 0.15) is 17.3 Å². The molecule has 0 fully saturated rings. The molecule has 2 aromatic carbocycles. The molecule has 6 nitrogen and oxygen atoms in total. The molecule has 0 heterocycles. The first kappa shape index (κ1) is 19.1. The summed E-state index contributed by atoms with van der Waals surface area (Å²) in [5.41, 5.74) is 5.00. The lowest BCUT2D eigenvalue weighted by Crippen LogP contribution is -2.47. The molecule has 0 aliphatic carbocycles. The molecule has 1 atom stereocenters. The van der Waals surface area contributed by atoms with E-state index in [1.165, 1.54) is 7.11 Å². The molecular formula is C17H16BrClN2O4. The second kappa shape index (κ2) is 8.73. The molecule has 1 unspecified atom stereocenters. The molecule has 0 bridgehead atoms. The number of hydrogen-bond acceptors (Lipinski definition) is 4. The lowest BCUT2D eigenvalue weighted by molar-refractivity contribution is -0.128. The molecule has 0 aromatic heterocycles. The summed E-state index contributed by atoms with van der Waals surface area (Å²) in [6.45, 7) is 1.55. The number of hydrogen-bond donors (Lipinski definition) is 2. The average Bonchev–Trinajstić information content (AvgIpc) is 2.61. The third-order valence-corrected chi connectivity index (χ3v) is 4.15. The van der Waals surface area contributed by atoms with Crippen LogP contribution in [0.15, 0.2) is 46.9 Å². The highest BCUT2D eigenvalue weighted by molar-refractivity contribution is 9.10. The molecule has 0 aliphatic rings. The van der Waals surface area contributed by atoms with E-state index in [4.69, 9.17) is 21.1 Å². The van der Waals surface area contributed by atoms with Crippen molar-refractivity contribution in [2.45, 2.75) is 13.0 Å². The van der Waals surface area contributed by atoms with E-state index in [0.717, 1.165) is 0 Å². The van der Waals surface area contributed by atoms with E-state index in [-0.39, 0.29) is 0 Å². The zero-order valence-electron chi connectivity index (χ0n) is 13.5. The molecule has 0 spiro atoms. The molecule has 25 heavy (non-hydrogen) atoms. The zero-order valence-corrected chi connectivity index (χ0v) is 15.8. The second-order valence-electron chi connectivity index (χ2n) is 4.98. The Hall–Kier alpha value is -2.25. The normalized spacial score (nSPS) is 11.4. The Morgan fingerprint density at radius 1 is 1.12 bits per heavy atom. The Labute approximate surface area is 158 Å². The van der Waals surface area contributed by atoms with Gasteiger partial charge in [-0.05, 0) is 53.2 Å². The Kier molecular flexibility index (Phi) is 6.66. The third-order valence-electron chi connectivity index (χ3n) is 3.22. The highest BCUT2D eigenvalue weighted by Gasteiger charge is 2.17. The summed E-state index contributed by atoms with van der Waals surface area (Å²) in [5, 5.41) is 0.397. The van der Waals surface area contributed by atoms with Gasteiger partial charge in [0, 0.05) is 5.56 Å². The maximum Gasteiger partial charge on any atom is 0.279 e. The van der Waals surface area contributed by atoms with Gasteiger partial charge in [0.15, 0.2) is 6.10 Å². The minimum atomic E-state index is -0.845. The minimum absolute atomic E-state index is 0.354. The molecule has 0 saturated carbocycles. The number of hydrazine groups is 1. The van der Waals surface area contributed by atoms with Gasteiger partial charge in [-0.25, -0.2) is 0 Å². The minimum Gasteiger partial charge on any atom is -0.496 e. The van der Waals surface area contributed by atoms with Gasteiger partial charge in [0.25, 0.3) is 11.8 Å². The van der Waals surface area contributed by atoms with Crippen LogP contribution in [0.5, 0.6) is 11.5 Å². The van der Waals surface area contributed by atoms with Gasteiger partial charge in [0.05, 0.1) is 16.6 Å². The van der Waals surface area contributed by atoms with Crippen molar-refractivity contribution < 1.29 is 19.1 Å². The van der Waals surface area contributed by atoms with Crippen molar-refractivity contribution in [1.82, 2.24) is 10.9 Å². The quantitative estimate of drug-likeness (QED) is 0.718. The summed E-state index contributed by atoms with van der Waals surface area (Å²) in [6, 6.07) is 11.6. The maximum absolute atomic E-state index is 12.1. The summed E-state index contributed by atoms with van der Waals surface area (Å²) in [4.78, 5) is 24.1. The fraction of sp³-hybridized carbons (Fsp3) is 0.176. The number of benzene rings is 2. The Morgan fingerprint density at radius 3 is 2.48 bits per heavy atom. The number of carbonyl (C=O) groups excluding carboxylic acids is 2. The highest BCUT2D eigenvalue weighted by Crippen LogP contribution is 2.25. The van der Waals surface area contributed by atoms with Gasteiger partial charge >= 0.3 is 0 Å². The molecule has 132 valence electrons. The first-order valence-electron chi connectivity index (χ1n) is 7.27. The summed E-state index contributed by atoms with van der Waals surface area (Å²) in [5.74, 6) is 0.00192. The molecular weight excluding hydrogens is 412 g/mol. The summed E-state index contributed by atoms with van der Waals surface area (Å²) >= 11 is 9.28. The molecule has 0 radical (unpaired) electrons. The van der Waals surface area contributed by atoms with Gasteiger partial charge in [-0.1, -0.05) is 23.7 Å². The van der Waals surface area contributed by atoms with Crippen LogP contribution in [-0.4, -0.2) is 25.0 Å². The van der Waals surface area contributed by atoms with Crippen molar-refractivity contribution in [3.63, 3.8) is 0 Å². The smallest absolute Gasteiger partial charge is 0.279 e. The number of nitrogens with one attached hydrogen (secondary N) is 2. The number of para-hydroxylation sites is 1. The molecule has 2 aromatic rings. The topological polar surface area (TPSA) is 76.7 Å². The van der Waals surface area contributed by atoms with Crippen LogP contribution in [0, 0.1) is 0 Å². The molecule has 2 amide bonds. The van der Waals surface area contributed by atoms with Gasteiger partial charge < -0.3 is 9.47 Å². The van der Waals surface area contributed by atoms with E-state index in [1.54, 1.807) is 49.4 Å². The van der Waals surface area contributed by atoms with Gasteiger partial charge in [-0.3, -0.25) is 20.4 Å². The summed E-state index contributed by atoms with van der Waals surface area (Å²) in [6.07, 6.45) is -0.845. The fourth-order valence-electron chi connectivity index (χ4n) is 1.88. The van der Waals surface area contributed by atoms with E-state index >= 15 is 0 Å². The van der Waals surface area contributed by atoms with Crippen LogP contribution in [0.25, 0.3) is 0 Å². The molecule has 0 aliphatic heterocycles. The SMILES string of the molecule is COc1ccc(C(=O)NNC(=O)C(C)Oc2ccccc2Cl)cc1Br. The predicted octanol–water partition coefficient (Wildman–Crippen LogP) is 3.34. The van der Waals surface area contributed by atoms with Gasteiger partial charge in [-0.2, -0.15) is 0 Å². The number of rotatable bonds is 5. The van der Waals surface area contributed by atoms with Crippen LogP contribution >= 0.6 is 27.5 Å². The molecule has 2 N–H and O–H groups in total. The number of methoxy groups -OCH3 is 1. The third kappa shape index (κ3) is 5.11. The van der Waals surface area contributed by atoms with Crippen LogP contribution in [0.4, 0.5) is 0 Å². The van der Waals surface area contributed by atoms with Crippen LogP contribution in [0.2, 0.25) is 5.02 Å². The van der Waals surface area contributed by atoms with Crippen molar-refractivity contribution >= 4 is 39.3 Å². The predicted molar refractivity (Wildman–Crippen MR) is 97.8 cm³/mol. The fourth-order valence-corrected chi connectivity index (χ4v) is 2.61. The largest absolute Gasteiger partial charge is 0.496 e. The standard InChI is InChI=1S/C17H16BrClN2O4/c1-10(25-15-6-4-3-5-13(15)19)16(22)20-21-17(23)11-7-8-14(24-2)12(18)9-11/h3-10H,1-2H3,(H,20,22)(H,21,23). The molecule has 2 rings (SSSR count). The van der Waals surface area contributed by atoms with Crippen molar-refractivity contribution in [1.29, 1.82) is 0 Å². The second-order valence-corrected chi connectivity index (χ2v) is 6.24. The van der Waals surface area contributed by atoms with E-state index in [1.807, 2.05) is 0 Å². The lowest BCUT2D eigenvalue weighted by Gasteiger charge is -2.16. The van der Waals surface area contributed by atoms with E-state index in [2.05, 4.69) is 26.8 Å². The van der Waals surface area contributed by atoms with Crippen LogP contribution < -0.4 is 20.3 Å². The number of carbonyl (C=O) groups is 2. The van der Waals surface area contributed by atoms with E-state index in [9.17, 15) is 9.59 Å². The number of ether oxygens (including phenoxy) is 2. The monoisotopic (exact) mass is 426 g/mol. The number of amides is 2. The van der Waals surface area contributed by atoms with Gasteiger partial charge in [0.1, 0.15) is 11.5 Å². The highest BCUT2D eigenvalue weighted by atomic mass is 79.9. The first-order chi connectivity index (χ1) is 11.9. The van der Waals surface area contributed by atoms with Gasteiger partial charge in [-0.15, -0.1) is 0 Å². The Bertz CT molecular complexity index is 785. The van der Waals surface area contributed by atoms with Crippen LogP contribution in [0.3, 0.4) is 0 Å². The van der Waals surface area contributed by atoms with Crippen molar-refractivity contribution in [3.05, 3.63) is 57.5 Å². The van der Waals surface area contributed by atoms with Crippen molar-refractivity contribution in [2.24, 2.45) is 0 Å². The van der Waals surface area contributed by atoms with Crippen molar-refractivity contribution in [3.8, 4) is 11.5 Å². The van der Waals surface area contributed by atoms with E-state index < -0.39 is 17.9 Å². The molecule has 0 saturated heterocycles. The zero-order chi connectivity index (χ0) is 18.4. The van der Waals surface area contributed by atoms with E-state index in [0.29, 0.717) is 26.6 Å². The Morgan fingerprint density at radius 2 is 1.84 bits per heavy atom. The first-order valence-corrected chi connectivity index (χ1v) is 8.44. The Balaban J connectivity index is 1.91. The lowest BCUT2D eigenvalue weighted by atomic mass is 10.2.